The molecule has 98 valence electrons. The summed E-state index contributed by atoms with van der Waals surface area (Å²) in [6.07, 6.45) is 6.55. The second kappa shape index (κ2) is 5.72. The SMILES string of the molecule is Cc1ccccc1B1C=CC=CC1c1ccc(Cl)cc1. The number of rotatable bonds is 2. The highest BCUT2D eigenvalue weighted by atomic mass is 35.5. The van der Waals surface area contributed by atoms with Gasteiger partial charge in [0.2, 0.25) is 6.71 Å². The molecule has 0 spiro atoms. The quantitative estimate of drug-likeness (QED) is 0.717. The van der Waals surface area contributed by atoms with Gasteiger partial charge >= 0.3 is 0 Å². The van der Waals surface area contributed by atoms with Gasteiger partial charge < -0.3 is 0 Å². The third-order valence-electron chi connectivity index (χ3n) is 3.94. The van der Waals surface area contributed by atoms with Crippen LogP contribution in [0.1, 0.15) is 16.9 Å². The van der Waals surface area contributed by atoms with Crippen LogP contribution < -0.4 is 5.46 Å². The fourth-order valence-electron chi connectivity index (χ4n) is 2.87. The van der Waals surface area contributed by atoms with Crippen LogP contribution in [0.3, 0.4) is 0 Å². The van der Waals surface area contributed by atoms with E-state index in [1.54, 1.807) is 0 Å². The Kier molecular flexibility index (Phi) is 3.80. The Morgan fingerprint density at radius 2 is 1.70 bits per heavy atom. The second-order valence-corrected chi connectivity index (χ2v) is 5.67. The molecule has 0 fully saturated rings. The summed E-state index contributed by atoms with van der Waals surface area (Å²) in [5, 5.41) is 0.788. The molecule has 1 unspecified atom stereocenters. The molecule has 1 atom stereocenters. The van der Waals surface area contributed by atoms with Crippen LogP contribution in [0.15, 0.2) is 72.7 Å². The van der Waals surface area contributed by atoms with Crippen molar-refractivity contribution in [1.82, 2.24) is 0 Å². The first-order valence-electron chi connectivity index (χ1n) is 6.92. The summed E-state index contributed by atoms with van der Waals surface area (Å²) in [4.78, 5) is 0. The Morgan fingerprint density at radius 1 is 0.950 bits per heavy atom. The number of hydrogen-bond acceptors (Lipinski definition) is 0. The summed E-state index contributed by atoms with van der Waals surface area (Å²) < 4.78 is 0. The molecule has 0 amide bonds. The molecule has 0 saturated carbocycles. The van der Waals surface area contributed by atoms with E-state index in [0.717, 1.165) is 5.02 Å². The summed E-state index contributed by atoms with van der Waals surface area (Å²) in [7, 11) is 0. The van der Waals surface area contributed by atoms with Crippen molar-refractivity contribution in [3.05, 3.63) is 88.9 Å². The normalized spacial score (nSPS) is 17.5. The van der Waals surface area contributed by atoms with Gasteiger partial charge in [-0.15, -0.1) is 5.98 Å². The van der Waals surface area contributed by atoms with E-state index in [4.69, 9.17) is 11.6 Å². The monoisotopic (exact) mass is 278 g/mol. The smallest absolute Gasteiger partial charge is 0.109 e. The summed E-state index contributed by atoms with van der Waals surface area (Å²) in [5.41, 5.74) is 4.05. The summed E-state index contributed by atoms with van der Waals surface area (Å²) in [6, 6.07) is 16.8. The molecule has 1 heterocycles. The van der Waals surface area contributed by atoms with Crippen LogP contribution in [0.5, 0.6) is 0 Å². The molecule has 0 aromatic heterocycles. The lowest BCUT2D eigenvalue weighted by Crippen LogP contribution is -2.37. The van der Waals surface area contributed by atoms with Gasteiger partial charge in [-0.2, -0.15) is 0 Å². The average molecular weight is 279 g/mol. The van der Waals surface area contributed by atoms with Gasteiger partial charge in [0.05, 0.1) is 0 Å². The van der Waals surface area contributed by atoms with Crippen LogP contribution in [0.4, 0.5) is 0 Å². The largest absolute Gasteiger partial charge is 0.212 e. The lowest BCUT2D eigenvalue weighted by Gasteiger charge is -2.23. The van der Waals surface area contributed by atoms with Crippen molar-refractivity contribution in [1.29, 1.82) is 0 Å². The predicted molar refractivity (Wildman–Crippen MR) is 89.0 cm³/mol. The van der Waals surface area contributed by atoms with Crippen LogP contribution in [0.2, 0.25) is 5.02 Å². The Bertz CT molecular complexity index is 655. The van der Waals surface area contributed by atoms with Crippen molar-refractivity contribution < 1.29 is 0 Å². The van der Waals surface area contributed by atoms with Gasteiger partial charge in [-0.25, -0.2) is 0 Å². The summed E-state index contributed by atoms with van der Waals surface area (Å²) >= 11 is 6.00. The lowest BCUT2D eigenvalue weighted by molar-refractivity contribution is 1.17. The molecular formula is C18H16BCl. The van der Waals surface area contributed by atoms with E-state index in [2.05, 4.69) is 67.5 Å². The number of benzene rings is 2. The Hall–Kier alpha value is -1.73. The highest BCUT2D eigenvalue weighted by Crippen LogP contribution is 2.25. The highest BCUT2D eigenvalue weighted by molar-refractivity contribution is 6.80. The van der Waals surface area contributed by atoms with E-state index >= 15 is 0 Å². The minimum atomic E-state index is 0.373. The van der Waals surface area contributed by atoms with E-state index in [-0.39, 0.29) is 0 Å². The Balaban J connectivity index is 2.01. The van der Waals surface area contributed by atoms with E-state index in [1.807, 2.05) is 12.1 Å². The standard InChI is InChI=1S/C18H16BCl/c1-14-6-2-3-7-17(14)19-13-5-4-8-18(19)15-9-11-16(20)12-10-15/h2-13,18H,1H3. The molecule has 1 aliphatic heterocycles. The topological polar surface area (TPSA) is 0 Å². The Labute approximate surface area is 125 Å². The van der Waals surface area contributed by atoms with Gasteiger partial charge in [-0.05, 0) is 30.4 Å². The molecule has 0 aliphatic carbocycles. The zero-order valence-electron chi connectivity index (χ0n) is 11.5. The maximum atomic E-state index is 6.00. The Morgan fingerprint density at radius 3 is 2.45 bits per heavy atom. The third-order valence-corrected chi connectivity index (χ3v) is 4.19. The van der Waals surface area contributed by atoms with Crippen molar-refractivity contribution in [2.24, 2.45) is 0 Å². The van der Waals surface area contributed by atoms with Gasteiger partial charge in [0.25, 0.3) is 0 Å². The van der Waals surface area contributed by atoms with Crippen LogP contribution in [0, 0.1) is 6.92 Å². The van der Waals surface area contributed by atoms with Crippen molar-refractivity contribution >= 4 is 23.8 Å². The van der Waals surface area contributed by atoms with Gasteiger partial charge in [-0.1, -0.05) is 77.3 Å². The van der Waals surface area contributed by atoms with Crippen molar-refractivity contribution in [3.8, 4) is 0 Å². The third kappa shape index (κ3) is 2.59. The van der Waals surface area contributed by atoms with Gasteiger partial charge in [0.1, 0.15) is 0 Å². The second-order valence-electron chi connectivity index (χ2n) is 5.23. The number of allylic oxidation sites excluding steroid dienone is 3. The minimum Gasteiger partial charge on any atom is -0.109 e. The molecule has 1 aliphatic rings. The summed E-state index contributed by atoms with van der Waals surface area (Å²) in [5.74, 6) is 2.67. The van der Waals surface area contributed by atoms with E-state index in [9.17, 15) is 0 Å². The fourth-order valence-corrected chi connectivity index (χ4v) is 2.99. The first-order chi connectivity index (χ1) is 9.75. The maximum absolute atomic E-state index is 6.00. The van der Waals surface area contributed by atoms with Gasteiger partial charge in [0, 0.05) is 5.02 Å². The van der Waals surface area contributed by atoms with E-state index in [1.165, 1.54) is 16.6 Å². The molecule has 2 heteroatoms. The fraction of sp³-hybridized carbons (Fsp3) is 0.111. The maximum Gasteiger partial charge on any atom is 0.212 e. The van der Waals surface area contributed by atoms with Crippen molar-refractivity contribution in [3.63, 3.8) is 0 Å². The zero-order valence-corrected chi connectivity index (χ0v) is 12.2. The number of halogens is 1. The average Bonchev–Trinajstić information content (AvgIpc) is 2.49. The molecule has 0 radical (unpaired) electrons. The van der Waals surface area contributed by atoms with Crippen LogP contribution >= 0.6 is 11.6 Å². The van der Waals surface area contributed by atoms with Crippen molar-refractivity contribution in [2.75, 3.05) is 0 Å². The van der Waals surface area contributed by atoms with Crippen LogP contribution in [-0.4, -0.2) is 6.71 Å². The molecular weight excluding hydrogens is 262 g/mol. The molecule has 0 N–H and O–H groups in total. The van der Waals surface area contributed by atoms with Gasteiger partial charge in [-0.3, -0.25) is 0 Å². The molecule has 3 rings (SSSR count). The molecule has 2 aromatic carbocycles. The van der Waals surface area contributed by atoms with E-state index in [0.29, 0.717) is 12.5 Å². The van der Waals surface area contributed by atoms with Crippen molar-refractivity contribution in [2.45, 2.75) is 12.7 Å². The zero-order chi connectivity index (χ0) is 13.9. The molecule has 0 bridgehead atoms. The number of aryl methyl sites for hydroxylation is 1. The molecule has 2 aromatic rings. The highest BCUT2D eigenvalue weighted by Gasteiger charge is 2.26. The lowest BCUT2D eigenvalue weighted by atomic mass is 9.34. The molecule has 0 saturated heterocycles. The first kappa shape index (κ1) is 13.3. The van der Waals surface area contributed by atoms with Crippen LogP contribution in [-0.2, 0) is 0 Å². The minimum absolute atomic E-state index is 0.373. The molecule has 0 nitrogen and oxygen atoms in total. The van der Waals surface area contributed by atoms with E-state index < -0.39 is 0 Å². The predicted octanol–water partition coefficient (Wildman–Crippen LogP) is 4.34. The molecule has 20 heavy (non-hydrogen) atoms. The van der Waals surface area contributed by atoms with Crippen LogP contribution in [0.25, 0.3) is 0 Å². The summed E-state index contributed by atoms with van der Waals surface area (Å²) in [6.45, 7) is 2.57. The first-order valence-corrected chi connectivity index (χ1v) is 7.29. The van der Waals surface area contributed by atoms with Gasteiger partial charge in [0.15, 0.2) is 0 Å². The number of hydrogen-bond donors (Lipinski definition) is 0.